The number of nitrogens with one attached hydrogen (secondary N) is 1. The summed E-state index contributed by atoms with van der Waals surface area (Å²) < 4.78 is 52.6. The molecule has 0 aliphatic carbocycles. The second kappa shape index (κ2) is 15.1. The molecule has 13 heteroatoms. The molecule has 48 heavy (non-hydrogen) atoms. The molecule has 5 N–H and O–H groups in total. The Balaban J connectivity index is 0.000000221. The van der Waals surface area contributed by atoms with Crippen LogP contribution in [0, 0.1) is 0 Å². The molecular weight excluding hydrogens is 672 g/mol. The molecule has 1 amide bonds. The largest absolute Gasteiger partial charge is 0.444 e. The fourth-order valence-electron chi connectivity index (χ4n) is 6.63. The summed E-state index contributed by atoms with van der Waals surface area (Å²) in [7, 11) is -7.47. The molecule has 2 heterocycles. The van der Waals surface area contributed by atoms with E-state index in [1.54, 1.807) is 23.1 Å². The van der Waals surface area contributed by atoms with Gasteiger partial charge in [0.1, 0.15) is 5.60 Å². The molecule has 6 rings (SSSR count). The first-order chi connectivity index (χ1) is 22.1. The zero-order valence-electron chi connectivity index (χ0n) is 27.5. The molecule has 0 atom stereocenters. The van der Waals surface area contributed by atoms with E-state index in [1.165, 1.54) is 5.56 Å². The van der Waals surface area contributed by atoms with Crippen LogP contribution in [0.15, 0.2) is 82.6 Å². The van der Waals surface area contributed by atoms with E-state index in [-0.39, 0.29) is 34.2 Å². The lowest BCUT2D eigenvalue weighted by Gasteiger charge is -2.34. The van der Waals surface area contributed by atoms with Crippen LogP contribution in [0.5, 0.6) is 0 Å². The summed E-state index contributed by atoms with van der Waals surface area (Å²) in [5.41, 5.74) is 1.82. The number of hydrogen-bond donors (Lipinski definition) is 3. The van der Waals surface area contributed by atoms with Crippen LogP contribution in [0.4, 0.5) is 4.79 Å². The molecule has 0 spiro atoms. The molecule has 0 aromatic heterocycles. The Morgan fingerprint density at radius 1 is 0.688 bits per heavy atom. The third-order valence-corrected chi connectivity index (χ3v) is 10.8. The maximum atomic E-state index is 12.2. The van der Waals surface area contributed by atoms with Crippen molar-refractivity contribution in [3.63, 3.8) is 0 Å². The van der Waals surface area contributed by atoms with Crippen molar-refractivity contribution < 1.29 is 26.4 Å². The van der Waals surface area contributed by atoms with Crippen molar-refractivity contribution in [1.82, 2.24) is 10.2 Å². The number of piperidine rings is 2. The average Bonchev–Trinajstić information content (AvgIpc) is 3.03. The van der Waals surface area contributed by atoms with Crippen LogP contribution >= 0.6 is 12.4 Å². The number of nitrogens with zero attached hydrogens (tertiary/aromatic N) is 1. The summed E-state index contributed by atoms with van der Waals surface area (Å²) in [5.74, 6) is 0.735. The van der Waals surface area contributed by atoms with Crippen molar-refractivity contribution in [2.45, 2.75) is 73.7 Å². The van der Waals surface area contributed by atoms with Crippen LogP contribution in [0.1, 0.15) is 69.4 Å². The summed E-state index contributed by atoms with van der Waals surface area (Å²) in [6.45, 7) is 8.83. The first kappa shape index (κ1) is 37.6. The van der Waals surface area contributed by atoms with Gasteiger partial charge in [0.05, 0.1) is 9.79 Å². The van der Waals surface area contributed by atoms with E-state index < -0.39 is 25.6 Å². The minimum atomic E-state index is -3.78. The van der Waals surface area contributed by atoms with Crippen molar-refractivity contribution in [1.29, 1.82) is 0 Å². The minimum absolute atomic E-state index is 0. The fraction of sp³-hybridized carbons (Fsp3) is 0.400. The Labute approximate surface area is 289 Å². The van der Waals surface area contributed by atoms with E-state index in [0.717, 1.165) is 60.5 Å². The highest BCUT2D eigenvalue weighted by molar-refractivity contribution is 7.89. The molecule has 260 valence electrons. The molecule has 10 nitrogen and oxygen atoms in total. The lowest BCUT2D eigenvalue weighted by atomic mass is 9.86. The van der Waals surface area contributed by atoms with Crippen molar-refractivity contribution in [3.05, 3.63) is 83.9 Å². The highest BCUT2D eigenvalue weighted by Gasteiger charge is 2.29. The standard InChI is InChI=1S/C20H26N2O4S.C15H18N2O2S.ClH/c1-20(2,3)26-19(23)22-12-10-14(11-13-22)15-8-9-18(27(21,24)25)17-7-5-4-6-16(15)17;16-20(18,19)15-6-5-12(11-7-9-17-10-8-11)13-3-1-2-4-14(13)15;/h4-9,14H,10-13H2,1-3H3,(H2,21,24,25);1-6,11,17H,7-10H2,(H2,16,18,19);1H. The van der Waals surface area contributed by atoms with Gasteiger partial charge in [0.25, 0.3) is 0 Å². The Morgan fingerprint density at radius 2 is 1.08 bits per heavy atom. The molecule has 2 aliphatic rings. The first-order valence-electron chi connectivity index (χ1n) is 15.9. The number of carbonyl (C=O) groups excluding carboxylic acids is 1. The van der Waals surface area contributed by atoms with Crippen LogP contribution in [0.3, 0.4) is 0 Å². The maximum Gasteiger partial charge on any atom is 0.410 e. The number of nitrogens with two attached hydrogens (primary N) is 2. The number of sulfonamides is 2. The minimum Gasteiger partial charge on any atom is -0.444 e. The molecule has 0 radical (unpaired) electrons. The third kappa shape index (κ3) is 8.85. The zero-order chi connectivity index (χ0) is 34.0. The Kier molecular flexibility index (Phi) is 11.8. The van der Waals surface area contributed by atoms with Crippen molar-refractivity contribution in [2.75, 3.05) is 26.2 Å². The van der Waals surface area contributed by atoms with Crippen molar-refractivity contribution in [3.8, 4) is 0 Å². The lowest BCUT2D eigenvalue weighted by molar-refractivity contribution is 0.0205. The van der Waals surface area contributed by atoms with Gasteiger partial charge < -0.3 is 15.0 Å². The van der Waals surface area contributed by atoms with Gasteiger partial charge >= 0.3 is 6.09 Å². The quantitative estimate of drug-likeness (QED) is 0.234. The van der Waals surface area contributed by atoms with E-state index in [0.29, 0.717) is 24.4 Å². The van der Waals surface area contributed by atoms with E-state index in [9.17, 15) is 21.6 Å². The summed E-state index contributed by atoms with van der Waals surface area (Å²) >= 11 is 0. The highest BCUT2D eigenvalue weighted by Crippen LogP contribution is 2.36. The SMILES string of the molecule is CC(C)(C)OC(=O)N1CCC(c2ccc(S(N)(=O)=O)c3ccccc23)CC1.Cl.NS(=O)(=O)c1ccc(C2CCNCC2)c2ccccc12. The van der Waals surface area contributed by atoms with Crippen LogP contribution < -0.4 is 15.6 Å². The molecular formula is C35H45ClN4O6S2. The summed E-state index contributed by atoms with van der Waals surface area (Å²) in [4.78, 5) is 14.3. The first-order valence-corrected chi connectivity index (χ1v) is 19.0. The molecule has 2 saturated heterocycles. The Bertz CT molecular complexity index is 1980. The molecule has 2 aliphatic heterocycles. The van der Waals surface area contributed by atoms with Gasteiger partial charge in [0.15, 0.2) is 0 Å². The topological polar surface area (TPSA) is 162 Å². The number of amides is 1. The molecule has 2 fully saturated rings. The van der Waals surface area contributed by atoms with Gasteiger partial charge in [-0.05, 0) is 105 Å². The number of fused-ring (bicyclic) bond motifs is 2. The predicted octanol–water partition coefficient (Wildman–Crippen LogP) is 5.98. The van der Waals surface area contributed by atoms with E-state index in [2.05, 4.69) is 5.32 Å². The summed E-state index contributed by atoms with van der Waals surface area (Å²) in [6, 6.07) is 22.1. The maximum absolute atomic E-state index is 12.2. The van der Waals surface area contributed by atoms with Gasteiger partial charge in [-0.2, -0.15) is 0 Å². The molecule has 0 unspecified atom stereocenters. The van der Waals surface area contributed by atoms with E-state index >= 15 is 0 Å². The molecule has 0 bridgehead atoms. The second-order valence-electron chi connectivity index (χ2n) is 13.3. The summed E-state index contributed by atoms with van der Waals surface area (Å²) in [6.07, 6.45) is 3.49. The van der Waals surface area contributed by atoms with Gasteiger partial charge in [-0.15, -0.1) is 12.4 Å². The van der Waals surface area contributed by atoms with Crippen LogP contribution in [0.25, 0.3) is 21.5 Å². The Hall–Kier alpha value is -3.26. The molecule has 4 aromatic carbocycles. The normalized spacial score (nSPS) is 16.6. The number of rotatable bonds is 4. The van der Waals surface area contributed by atoms with Crippen molar-refractivity contribution in [2.24, 2.45) is 10.3 Å². The van der Waals surface area contributed by atoms with Crippen LogP contribution in [0.2, 0.25) is 0 Å². The zero-order valence-corrected chi connectivity index (χ0v) is 30.0. The predicted molar refractivity (Wildman–Crippen MR) is 193 cm³/mol. The van der Waals surface area contributed by atoms with Crippen LogP contribution in [-0.4, -0.2) is 59.6 Å². The van der Waals surface area contributed by atoms with Gasteiger partial charge in [0.2, 0.25) is 20.0 Å². The number of hydrogen-bond acceptors (Lipinski definition) is 7. The van der Waals surface area contributed by atoms with Gasteiger partial charge in [0, 0.05) is 23.9 Å². The molecule has 0 saturated carbocycles. The number of carbonyl (C=O) groups is 1. The van der Waals surface area contributed by atoms with Crippen LogP contribution in [-0.2, 0) is 24.8 Å². The smallest absolute Gasteiger partial charge is 0.410 e. The van der Waals surface area contributed by atoms with Crippen molar-refractivity contribution >= 4 is 60.1 Å². The lowest BCUT2D eigenvalue weighted by Crippen LogP contribution is -2.41. The van der Waals surface area contributed by atoms with E-state index in [4.69, 9.17) is 15.0 Å². The average molecular weight is 717 g/mol. The number of benzene rings is 4. The second-order valence-corrected chi connectivity index (χ2v) is 16.3. The third-order valence-electron chi connectivity index (χ3n) is 8.81. The monoisotopic (exact) mass is 716 g/mol. The van der Waals surface area contributed by atoms with Gasteiger partial charge in [-0.3, -0.25) is 0 Å². The molecule has 4 aromatic rings. The van der Waals surface area contributed by atoms with Gasteiger partial charge in [-0.1, -0.05) is 60.7 Å². The Morgan fingerprint density at radius 3 is 1.48 bits per heavy atom. The number of ether oxygens (including phenoxy) is 1. The highest BCUT2D eigenvalue weighted by atomic mass is 35.5. The van der Waals surface area contributed by atoms with Gasteiger partial charge in [-0.25, -0.2) is 31.9 Å². The fourth-order valence-corrected chi connectivity index (χ4v) is 8.11. The summed E-state index contributed by atoms with van der Waals surface area (Å²) in [5, 5.41) is 17.3. The number of halogens is 1. The number of primary sulfonamides is 2. The number of likely N-dealkylation sites (tertiary alicyclic amines) is 1. The van der Waals surface area contributed by atoms with E-state index in [1.807, 2.05) is 75.4 Å².